The summed E-state index contributed by atoms with van der Waals surface area (Å²) in [5.74, 6) is -0.544. The molecule has 0 aliphatic heterocycles. The van der Waals surface area contributed by atoms with Crippen LogP contribution in [0, 0.1) is 17.7 Å². The van der Waals surface area contributed by atoms with Crippen molar-refractivity contribution >= 4 is 22.8 Å². The molecule has 2 saturated carbocycles. The Bertz CT molecular complexity index is 1360. The van der Waals surface area contributed by atoms with Gasteiger partial charge in [-0.25, -0.2) is 19.3 Å². The van der Waals surface area contributed by atoms with Gasteiger partial charge in [-0.2, -0.15) is 0 Å². The quantitative estimate of drug-likeness (QED) is 0.371. The highest BCUT2D eigenvalue weighted by Crippen LogP contribution is 2.49. The van der Waals surface area contributed by atoms with Crippen LogP contribution in [0.1, 0.15) is 38.5 Å². The van der Waals surface area contributed by atoms with Crippen molar-refractivity contribution in [1.29, 1.82) is 0 Å². The fraction of sp³-hybridized carbons (Fsp3) is 0.360. The summed E-state index contributed by atoms with van der Waals surface area (Å²) < 4.78 is 19.2. The van der Waals surface area contributed by atoms with Gasteiger partial charge in [0.05, 0.1) is 35.9 Å². The maximum Gasteiger partial charge on any atom is 0.309 e. The molecular weight excluding hydrogens is 437 g/mol. The number of carboxylic acid groups (broad SMARTS) is 1. The van der Waals surface area contributed by atoms with Crippen molar-refractivity contribution in [2.24, 2.45) is 11.8 Å². The first kappa shape index (κ1) is 20.8. The first-order valence-electron chi connectivity index (χ1n) is 11.6. The highest BCUT2D eigenvalue weighted by molar-refractivity contribution is 5.92. The van der Waals surface area contributed by atoms with Gasteiger partial charge in [-0.05, 0) is 43.7 Å². The van der Waals surface area contributed by atoms with Crippen molar-refractivity contribution < 1.29 is 18.7 Å². The van der Waals surface area contributed by atoms with E-state index in [1.807, 2.05) is 12.1 Å². The molecule has 1 atom stereocenters. The van der Waals surface area contributed by atoms with Crippen LogP contribution in [0.2, 0.25) is 0 Å². The average Bonchev–Trinajstić information content (AvgIpc) is 3.48. The lowest BCUT2D eigenvalue weighted by molar-refractivity contribution is -0.149. The van der Waals surface area contributed by atoms with Gasteiger partial charge in [-0.1, -0.05) is 12.8 Å². The first-order chi connectivity index (χ1) is 16.5. The molecule has 9 heteroatoms. The summed E-state index contributed by atoms with van der Waals surface area (Å²) >= 11 is 0. The topological polar surface area (TPSA) is 117 Å². The molecule has 2 bridgehead atoms. The monoisotopic (exact) mass is 461 g/mol. The Hall–Kier alpha value is -3.75. The Balaban J connectivity index is 1.48. The highest BCUT2D eigenvalue weighted by atomic mass is 19.1. The number of carbonyl (C=O) groups is 1. The molecule has 2 aliphatic carbocycles. The number of pyridine rings is 1. The third kappa shape index (κ3) is 3.43. The summed E-state index contributed by atoms with van der Waals surface area (Å²) in [7, 11) is 0. The number of H-pyrrole nitrogens is 1. The number of furan rings is 1. The van der Waals surface area contributed by atoms with Crippen molar-refractivity contribution in [2.75, 3.05) is 5.32 Å². The summed E-state index contributed by atoms with van der Waals surface area (Å²) in [5.41, 5.74) is 2.00. The number of fused-ring (bicyclic) bond motifs is 3. The van der Waals surface area contributed by atoms with Gasteiger partial charge in [0.15, 0.2) is 5.82 Å². The van der Waals surface area contributed by atoms with E-state index >= 15 is 0 Å². The number of aromatic amines is 1. The second kappa shape index (κ2) is 7.93. The predicted molar refractivity (Wildman–Crippen MR) is 123 cm³/mol. The van der Waals surface area contributed by atoms with E-state index < -0.39 is 23.2 Å². The number of nitrogens with zero attached hydrogens (tertiary/aromatic N) is 3. The van der Waals surface area contributed by atoms with Crippen LogP contribution in [-0.4, -0.2) is 36.6 Å². The molecule has 8 nitrogen and oxygen atoms in total. The first-order valence-corrected chi connectivity index (χ1v) is 11.6. The summed E-state index contributed by atoms with van der Waals surface area (Å²) in [6.45, 7) is 0. The molecule has 34 heavy (non-hydrogen) atoms. The third-order valence-electron chi connectivity index (χ3n) is 7.39. The van der Waals surface area contributed by atoms with E-state index in [-0.39, 0.29) is 5.92 Å². The van der Waals surface area contributed by atoms with Crippen molar-refractivity contribution in [3.8, 4) is 22.6 Å². The van der Waals surface area contributed by atoms with Crippen LogP contribution in [0.4, 0.5) is 10.2 Å². The zero-order valence-electron chi connectivity index (χ0n) is 18.4. The van der Waals surface area contributed by atoms with Gasteiger partial charge in [0.25, 0.3) is 0 Å². The zero-order valence-corrected chi connectivity index (χ0v) is 18.4. The van der Waals surface area contributed by atoms with Crippen molar-refractivity contribution in [1.82, 2.24) is 19.9 Å². The molecular formula is C25H24FN5O3. The molecule has 0 radical (unpaired) electrons. The minimum atomic E-state index is -0.751. The van der Waals surface area contributed by atoms with Crippen molar-refractivity contribution in [3.63, 3.8) is 0 Å². The number of carboxylic acids is 1. The predicted octanol–water partition coefficient (Wildman–Crippen LogP) is 5.25. The number of aliphatic carboxylic acids is 1. The molecule has 0 spiro atoms. The third-order valence-corrected chi connectivity index (χ3v) is 7.39. The van der Waals surface area contributed by atoms with E-state index in [9.17, 15) is 14.3 Å². The Morgan fingerprint density at radius 1 is 1.24 bits per heavy atom. The number of anilines is 1. The molecule has 6 rings (SSSR count). The van der Waals surface area contributed by atoms with Crippen molar-refractivity contribution in [2.45, 2.75) is 44.1 Å². The van der Waals surface area contributed by atoms with Gasteiger partial charge in [-0.3, -0.25) is 4.79 Å². The van der Waals surface area contributed by atoms with Gasteiger partial charge in [0.2, 0.25) is 0 Å². The van der Waals surface area contributed by atoms with Crippen LogP contribution in [0.25, 0.3) is 33.7 Å². The van der Waals surface area contributed by atoms with Crippen LogP contribution >= 0.6 is 0 Å². The van der Waals surface area contributed by atoms with E-state index in [1.165, 1.54) is 6.07 Å². The Morgan fingerprint density at radius 2 is 2.06 bits per heavy atom. The molecule has 3 N–H and O–H groups in total. The van der Waals surface area contributed by atoms with E-state index in [0.29, 0.717) is 33.9 Å². The second-order valence-electron chi connectivity index (χ2n) is 9.37. The molecule has 0 aromatic carbocycles. The van der Waals surface area contributed by atoms with E-state index in [2.05, 4.69) is 15.3 Å². The van der Waals surface area contributed by atoms with E-state index in [4.69, 9.17) is 14.4 Å². The zero-order chi connectivity index (χ0) is 23.3. The number of rotatable bonds is 5. The van der Waals surface area contributed by atoms with Crippen LogP contribution in [0.3, 0.4) is 0 Å². The summed E-state index contributed by atoms with van der Waals surface area (Å²) in [4.78, 5) is 29.0. The molecule has 1 unspecified atom stereocenters. The van der Waals surface area contributed by atoms with Crippen LogP contribution in [0.15, 0.2) is 47.5 Å². The Labute approximate surface area is 194 Å². The van der Waals surface area contributed by atoms with E-state index in [1.54, 1.807) is 18.7 Å². The summed E-state index contributed by atoms with van der Waals surface area (Å²) in [5, 5.41) is 14.2. The van der Waals surface area contributed by atoms with Gasteiger partial charge < -0.3 is 19.8 Å². The Kier molecular flexibility index (Phi) is 4.86. The fourth-order valence-electron chi connectivity index (χ4n) is 5.97. The van der Waals surface area contributed by atoms with Crippen LogP contribution in [-0.2, 0) is 4.79 Å². The normalized spacial score (nSPS) is 24.3. The second-order valence-corrected chi connectivity index (χ2v) is 9.37. The molecule has 0 amide bonds. The maximum absolute atomic E-state index is 14.0. The molecule has 4 heterocycles. The lowest BCUT2D eigenvalue weighted by Crippen LogP contribution is -2.56. The Morgan fingerprint density at radius 3 is 2.79 bits per heavy atom. The SMILES string of the molecule is O=C(O)C1C2CCCC1(Nc1cc(-c3ccoc3)nc(-c3c[nH]c4ncc(F)cc34)n1)CCC2. The largest absolute Gasteiger partial charge is 0.481 e. The minimum Gasteiger partial charge on any atom is -0.481 e. The minimum absolute atomic E-state index is 0.171. The number of aromatic nitrogens is 4. The van der Waals surface area contributed by atoms with Gasteiger partial charge in [0.1, 0.15) is 17.3 Å². The van der Waals surface area contributed by atoms with Gasteiger partial charge in [0, 0.05) is 28.8 Å². The van der Waals surface area contributed by atoms with Crippen LogP contribution < -0.4 is 5.32 Å². The molecule has 4 aromatic heterocycles. The molecule has 0 saturated heterocycles. The number of hydrogen-bond acceptors (Lipinski definition) is 6. The summed E-state index contributed by atoms with van der Waals surface area (Å²) in [6.07, 6.45) is 11.5. The number of hydrogen-bond donors (Lipinski definition) is 3. The van der Waals surface area contributed by atoms with E-state index in [0.717, 1.165) is 50.3 Å². The molecule has 2 fully saturated rings. The highest BCUT2D eigenvalue weighted by Gasteiger charge is 2.52. The maximum atomic E-state index is 14.0. The fourth-order valence-corrected chi connectivity index (χ4v) is 5.97. The standard InChI is InChI=1S/C25H24FN5O3/c26-16-9-17-18(12-28-22(17)27-11-16)23-29-19(15-5-8-34-13-15)10-20(30-23)31-25-6-1-3-14(4-2-7-25)21(25)24(32)33/h5,8-14,21H,1-4,6-7H2,(H,27,28)(H,32,33)(H,29,30,31). The molecule has 4 aromatic rings. The van der Waals surface area contributed by atoms with Gasteiger partial charge in [-0.15, -0.1) is 0 Å². The molecule has 174 valence electrons. The van der Waals surface area contributed by atoms with Crippen LogP contribution in [0.5, 0.6) is 0 Å². The van der Waals surface area contributed by atoms with Crippen molar-refractivity contribution in [3.05, 3.63) is 48.9 Å². The molecule has 2 aliphatic rings. The summed E-state index contributed by atoms with van der Waals surface area (Å²) in [6, 6.07) is 5.04. The number of halogens is 1. The van der Waals surface area contributed by atoms with Gasteiger partial charge >= 0.3 is 5.97 Å². The lowest BCUT2D eigenvalue weighted by atomic mass is 9.59. The lowest BCUT2D eigenvalue weighted by Gasteiger charge is -2.50. The smallest absolute Gasteiger partial charge is 0.309 e. The average molecular weight is 461 g/mol. The number of nitrogens with one attached hydrogen (secondary N) is 2.